The molecule has 1 aliphatic carbocycles. The highest BCUT2D eigenvalue weighted by molar-refractivity contribution is 5.69. The van der Waals surface area contributed by atoms with Gasteiger partial charge in [0.1, 0.15) is 11.6 Å². The molecule has 1 aliphatic rings. The topological polar surface area (TPSA) is 84.1 Å². The van der Waals surface area contributed by atoms with Crippen molar-refractivity contribution in [3.05, 3.63) is 24.2 Å². The first-order valence-corrected chi connectivity index (χ1v) is 8.21. The lowest BCUT2D eigenvalue weighted by molar-refractivity contribution is 0.156. The maximum absolute atomic E-state index is 9.75. The number of nitrogens with one attached hydrogen (secondary N) is 1. The number of rotatable bonds is 5. The second kappa shape index (κ2) is 7.58. The number of aliphatic hydroxyl groups is 1. The monoisotopic (exact) mass is 304 g/mol. The lowest BCUT2D eigenvalue weighted by Crippen LogP contribution is -2.16. The second-order valence-electron chi connectivity index (χ2n) is 6.61. The minimum atomic E-state index is -0.132. The summed E-state index contributed by atoms with van der Waals surface area (Å²) in [5.74, 6) is 2.16. The van der Waals surface area contributed by atoms with Gasteiger partial charge in [-0.05, 0) is 45.4 Å². The van der Waals surface area contributed by atoms with Gasteiger partial charge in [0.25, 0.3) is 0 Å². The van der Waals surface area contributed by atoms with Gasteiger partial charge in [0.15, 0.2) is 0 Å². The number of anilines is 1. The van der Waals surface area contributed by atoms with Crippen molar-refractivity contribution >= 4 is 11.5 Å². The predicted octanol–water partition coefficient (Wildman–Crippen LogP) is 2.71. The van der Waals surface area contributed by atoms with Crippen LogP contribution < -0.4 is 11.1 Å². The van der Waals surface area contributed by atoms with Crippen LogP contribution in [-0.2, 0) is 6.42 Å². The van der Waals surface area contributed by atoms with Gasteiger partial charge in [0.05, 0.1) is 11.7 Å². The van der Waals surface area contributed by atoms with Crippen LogP contribution in [-0.4, -0.2) is 27.2 Å². The lowest BCUT2D eigenvalue weighted by atomic mass is 9.96. The van der Waals surface area contributed by atoms with Crippen LogP contribution in [0.3, 0.4) is 0 Å². The quantitative estimate of drug-likeness (QED) is 0.728. The van der Waals surface area contributed by atoms with Gasteiger partial charge in [-0.3, -0.25) is 0 Å². The van der Waals surface area contributed by atoms with Gasteiger partial charge in [-0.1, -0.05) is 13.0 Å². The van der Waals surface area contributed by atoms with Crippen LogP contribution in [0.15, 0.2) is 12.8 Å². The van der Waals surface area contributed by atoms with E-state index in [-0.39, 0.29) is 12.1 Å². The Morgan fingerprint density at radius 3 is 2.86 bits per heavy atom. The zero-order chi connectivity index (χ0) is 16.1. The third kappa shape index (κ3) is 4.70. The summed E-state index contributed by atoms with van der Waals surface area (Å²) in [5.41, 5.74) is 7.07. The number of hydrogen-bond donors (Lipinski definition) is 3. The Morgan fingerprint density at radius 1 is 1.41 bits per heavy atom. The number of hydrogen-bond acceptors (Lipinski definition) is 5. The summed E-state index contributed by atoms with van der Waals surface area (Å²) in [6.07, 6.45) is 7.56. The van der Waals surface area contributed by atoms with Gasteiger partial charge in [0, 0.05) is 24.4 Å². The van der Waals surface area contributed by atoms with Crippen LogP contribution >= 0.6 is 0 Å². The van der Waals surface area contributed by atoms with Crippen molar-refractivity contribution in [3.8, 4) is 0 Å². The molecular weight excluding hydrogens is 276 g/mol. The third-order valence-electron chi connectivity index (χ3n) is 4.14. The maximum atomic E-state index is 9.75. The van der Waals surface area contributed by atoms with Gasteiger partial charge in [-0.25, -0.2) is 9.97 Å². The zero-order valence-corrected chi connectivity index (χ0v) is 13.7. The standard InChI is InChI=1S/C17H28N4O/c1-11(2)20-17-15(12(3)18)10-19-16(21-17)9-13-5-4-6-14(22)8-7-13/h10-11,13-14,22H,3-9,18H2,1-2H3,(H,19,20,21)/t13-,14+/m1/s1. The molecule has 0 spiro atoms. The molecule has 5 nitrogen and oxygen atoms in total. The highest BCUT2D eigenvalue weighted by Crippen LogP contribution is 2.26. The molecule has 0 bridgehead atoms. The summed E-state index contributed by atoms with van der Waals surface area (Å²) >= 11 is 0. The van der Waals surface area contributed by atoms with Crippen LogP contribution in [0, 0.1) is 5.92 Å². The van der Waals surface area contributed by atoms with Gasteiger partial charge in [-0.2, -0.15) is 0 Å². The van der Waals surface area contributed by atoms with Crippen molar-refractivity contribution in [1.29, 1.82) is 0 Å². The second-order valence-corrected chi connectivity index (χ2v) is 6.61. The molecule has 5 heteroatoms. The van der Waals surface area contributed by atoms with Crippen molar-refractivity contribution in [2.24, 2.45) is 11.7 Å². The molecule has 1 aromatic rings. The van der Waals surface area contributed by atoms with E-state index in [0.717, 1.165) is 55.7 Å². The Hall–Kier alpha value is -1.62. The molecule has 0 amide bonds. The normalized spacial score (nSPS) is 22.4. The molecule has 1 saturated carbocycles. The summed E-state index contributed by atoms with van der Waals surface area (Å²) in [7, 11) is 0. The molecule has 2 rings (SSSR count). The van der Waals surface area contributed by atoms with E-state index in [2.05, 4.69) is 35.7 Å². The average Bonchev–Trinajstić information content (AvgIpc) is 2.63. The van der Waals surface area contributed by atoms with Crippen LogP contribution in [0.25, 0.3) is 5.70 Å². The van der Waals surface area contributed by atoms with Crippen LogP contribution in [0.4, 0.5) is 5.82 Å². The van der Waals surface area contributed by atoms with Crippen LogP contribution in [0.2, 0.25) is 0 Å². The first kappa shape index (κ1) is 16.7. The highest BCUT2D eigenvalue weighted by atomic mass is 16.3. The summed E-state index contributed by atoms with van der Waals surface area (Å²) < 4.78 is 0. The van der Waals surface area contributed by atoms with Crippen molar-refractivity contribution in [2.75, 3.05) is 5.32 Å². The van der Waals surface area contributed by atoms with E-state index < -0.39 is 0 Å². The van der Waals surface area contributed by atoms with Crippen molar-refractivity contribution in [2.45, 2.75) is 64.5 Å². The lowest BCUT2D eigenvalue weighted by Gasteiger charge is -2.17. The van der Waals surface area contributed by atoms with Crippen molar-refractivity contribution in [3.63, 3.8) is 0 Å². The van der Waals surface area contributed by atoms with Gasteiger partial charge < -0.3 is 16.2 Å². The van der Waals surface area contributed by atoms with E-state index in [9.17, 15) is 5.11 Å². The summed E-state index contributed by atoms with van der Waals surface area (Å²) in [6.45, 7) is 7.92. The van der Waals surface area contributed by atoms with Crippen LogP contribution in [0.1, 0.15) is 57.3 Å². The molecule has 122 valence electrons. The first-order chi connectivity index (χ1) is 10.5. The molecule has 1 aromatic heterocycles. The number of aromatic nitrogens is 2. The Balaban J connectivity index is 2.12. The Kier molecular flexibility index (Phi) is 5.77. The first-order valence-electron chi connectivity index (χ1n) is 8.21. The van der Waals surface area contributed by atoms with Crippen LogP contribution in [0.5, 0.6) is 0 Å². The smallest absolute Gasteiger partial charge is 0.139 e. The summed E-state index contributed by atoms with van der Waals surface area (Å²) in [6, 6.07) is 0.272. The van der Waals surface area contributed by atoms with Gasteiger partial charge in [0.2, 0.25) is 0 Å². The van der Waals surface area contributed by atoms with Crippen molar-refractivity contribution in [1.82, 2.24) is 9.97 Å². The van der Waals surface area contributed by atoms with E-state index in [0.29, 0.717) is 11.6 Å². The molecule has 0 aliphatic heterocycles. The minimum absolute atomic E-state index is 0.132. The number of nitrogens with zero attached hydrogens (tertiary/aromatic N) is 2. The molecule has 0 saturated heterocycles. The molecule has 0 aromatic carbocycles. The van der Waals surface area contributed by atoms with E-state index in [1.165, 1.54) is 0 Å². The number of nitrogens with two attached hydrogens (primary N) is 1. The molecule has 22 heavy (non-hydrogen) atoms. The molecule has 2 atom stereocenters. The highest BCUT2D eigenvalue weighted by Gasteiger charge is 2.19. The Bertz CT molecular complexity index is 515. The summed E-state index contributed by atoms with van der Waals surface area (Å²) in [4.78, 5) is 9.11. The van der Waals surface area contributed by atoms with E-state index in [1.54, 1.807) is 6.20 Å². The Labute approximate surface area is 133 Å². The van der Waals surface area contributed by atoms with Gasteiger partial charge in [-0.15, -0.1) is 0 Å². The maximum Gasteiger partial charge on any atom is 0.139 e. The van der Waals surface area contributed by atoms with E-state index in [1.807, 2.05) is 0 Å². The van der Waals surface area contributed by atoms with E-state index in [4.69, 9.17) is 5.73 Å². The molecule has 0 radical (unpaired) electrons. The zero-order valence-electron chi connectivity index (χ0n) is 13.7. The Morgan fingerprint density at radius 2 is 2.18 bits per heavy atom. The van der Waals surface area contributed by atoms with Gasteiger partial charge >= 0.3 is 0 Å². The average molecular weight is 304 g/mol. The third-order valence-corrected chi connectivity index (χ3v) is 4.14. The SMILES string of the molecule is C=C(N)c1cnc(C[C@@H]2CCC[C@H](O)CC2)nc1NC(C)C. The largest absolute Gasteiger partial charge is 0.399 e. The minimum Gasteiger partial charge on any atom is -0.399 e. The predicted molar refractivity (Wildman–Crippen MR) is 90.3 cm³/mol. The molecule has 0 unspecified atom stereocenters. The van der Waals surface area contributed by atoms with E-state index >= 15 is 0 Å². The van der Waals surface area contributed by atoms with Crippen molar-refractivity contribution < 1.29 is 5.11 Å². The fraction of sp³-hybridized carbons (Fsp3) is 0.647. The molecular formula is C17H28N4O. The number of aliphatic hydroxyl groups excluding tert-OH is 1. The molecule has 1 heterocycles. The fourth-order valence-corrected chi connectivity index (χ4v) is 2.96. The fourth-order valence-electron chi connectivity index (χ4n) is 2.96. The molecule has 1 fully saturated rings. The summed E-state index contributed by atoms with van der Waals surface area (Å²) in [5, 5.41) is 13.1. The molecule has 4 N–H and O–H groups in total.